The van der Waals surface area contributed by atoms with Crippen molar-refractivity contribution in [1.29, 1.82) is 0 Å². The highest BCUT2D eigenvalue weighted by molar-refractivity contribution is 6.30. The number of hydrogen-bond donors (Lipinski definition) is 0. The maximum atomic E-state index is 12.4. The highest BCUT2D eigenvalue weighted by atomic mass is 35.5. The van der Waals surface area contributed by atoms with Crippen molar-refractivity contribution in [2.24, 2.45) is 0 Å². The number of aromatic nitrogens is 1. The summed E-state index contributed by atoms with van der Waals surface area (Å²) < 4.78 is 0. The first kappa shape index (κ1) is 12.4. The van der Waals surface area contributed by atoms with Crippen LogP contribution < -0.4 is 0 Å². The zero-order chi connectivity index (χ0) is 13.2. The SMILES string of the molecule is O=C(Cc1ccc(Cl)cc1)C1CCc2cccnc21. The third-order valence-electron chi connectivity index (χ3n) is 3.64. The predicted octanol–water partition coefficient (Wildman–Crippen LogP) is 3.58. The van der Waals surface area contributed by atoms with Crippen LogP contribution in [0.4, 0.5) is 0 Å². The number of carbonyl (C=O) groups excluding carboxylic acids is 1. The Labute approximate surface area is 117 Å². The predicted molar refractivity (Wildman–Crippen MR) is 75.5 cm³/mol. The number of ketones is 1. The quantitative estimate of drug-likeness (QED) is 0.854. The van der Waals surface area contributed by atoms with Gasteiger partial charge in [0, 0.05) is 17.6 Å². The minimum atomic E-state index is -0.0353. The second kappa shape index (κ2) is 5.14. The second-order valence-corrected chi connectivity index (χ2v) is 5.35. The van der Waals surface area contributed by atoms with Crippen LogP contribution in [0.3, 0.4) is 0 Å². The molecule has 0 aliphatic heterocycles. The fraction of sp³-hybridized carbons (Fsp3) is 0.250. The molecule has 0 fully saturated rings. The zero-order valence-electron chi connectivity index (χ0n) is 10.5. The fourth-order valence-corrected chi connectivity index (χ4v) is 2.78. The normalized spacial score (nSPS) is 17.2. The van der Waals surface area contributed by atoms with E-state index in [1.807, 2.05) is 30.3 Å². The molecule has 96 valence electrons. The van der Waals surface area contributed by atoms with E-state index in [1.165, 1.54) is 5.56 Å². The molecule has 1 unspecified atom stereocenters. The lowest BCUT2D eigenvalue weighted by molar-refractivity contribution is -0.119. The Kier molecular flexibility index (Phi) is 3.34. The molecule has 0 saturated heterocycles. The molecule has 1 heterocycles. The van der Waals surface area contributed by atoms with E-state index in [9.17, 15) is 4.79 Å². The Morgan fingerprint density at radius 1 is 1.26 bits per heavy atom. The third-order valence-corrected chi connectivity index (χ3v) is 3.89. The van der Waals surface area contributed by atoms with Gasteiger partial charge in [0.2, 0.25) is 0 Å². The first-order chi connectivity index (χ1) is 9.24. The molecule has 1 aliphatic carbocycles. The van der Waals surface area contributed by atoms with Gasteiger partial charge in [0.25, 0.3) is 0 Å². The number of Topliss-reactive ketones (excluding diaryl/α,β-unsaturated/α-hetero) is 1. The van der Waals surface area contributed by atoms with Gasteiger partial charge < -0.3 is 0 Å². The van der Waals surface area contributed by atoms with Crippen LogP contribution in [0.1, 0.15) is 29.2 Å². The zero-order valence-corrected chi connectivity index (χ0v) is 11.2. The number of carbonyl (C=O) groups is 1. The minimum Gasteiger partial charge on any atom is -0.299 e. The molecular weight excluding hydrogens is 258 g/mol. The molecule has 0 radical (unpaired) electrons. The molecule has 0 saturated carbocycles. The minimum absolute atomic E-state index is 0.0353. The first-order valence-electron chi connectivity index (χ1n) is 6.45. The largest absolute Gasteiger partial charge is 0.299 e. The van der Waals surface area contributed by atoms with Crippen molar-refractivity contribution in [1.82, 2.24) is 4.98 Å². The van der Waals surface area contributed by atoms with E-state index in [4.69, 9.17) is 11.6 Å². The van der Waals surface area contributed by atoms with E-state index in [2.05, 4.69) is 11.1 Å². The molecule has 1 atom stereocenters. The van der Waals surface area contributed by atoms with Gasteiger partial charge >= 0.3 is 0 Å². The van der Waals surface area contributed by atoms with Gasteiger partial charge in [-0.3, -0.25) is 9.78 Å². The lowest BCUT2D eigenvalue weighted by Gasteiger charge is -2.09. The van der Waals surface area contributed by atoms with Crippen molar-refractivity contribution in [3.63, 3.8) is 0 Å². The van der Waals surface area contributed by atoms with E-state index >= 15 is 0 Å². The van der Waals surface area contributed by atoms with E-state index in [-0.39, 0.29) is 11.7 Å². The van der Waals surface area contributed by atoms with Crippen LogP contribution in [0, 0.1) is 0 Å². The van der Waals surface area contributed by atoms with Crippen LogP contribution in [0.15, 0.2) is 42.6 Å². The van der Waals surface area contributed by atoms with Crippen LogP contribution in [0.5, 0.6) is 0 Å². The van der Waals surface area contributed by atoms with Crippen LogP contribution in [-0.2, 0) is 17.6 Å². The summed E-state index contributed by atoms with van der Waals surface area (Å²) in [7, 11) is 0. The molecule has 1 aromatic heterocycles. The Balaban J connectivity index is 1.77. The molecule has 0 amide bonds. The molecule has 3 rings (SSSR count). The average Bonchev–Trinajstić information content (AvgIpc) is 2.85. The topological polar surface area (TPSA) is 30.0 Å². The summed E-state index contributed by atoms with van der Waals surface area (Å²) in [5.74, 6) is 0.214. The van der Waals surface area contributed by atoms with Crippen molar-refractivity contribution >= 4 is 17.4 Å². The Hall–Kier alpha value is -1.67. The number of fused-ring (bicyclic) bond motifs is 1. The summed E-state index contributed by atoms with van der Waals surface area (Å²) in [6, 6.07) is 11.5. The van der Waals surface area contributed by atoms with Crippen LogP contribution >= 0.6 is 11.6 Å². The second-order valence-electron chi connectivity index (χ2n) is 4.91. The summed E-state index contributed by atoms with van der Waals surface area (Å²) in [5.41, 5.74) is 3.21. The van der Waals surface area contributed by atoms with E-state index in [0.29, 0.717) is 11.4 Å². The van der Waals surface area contributed by atoms with Gasteiger partial charge in [0.1, 0.15) is 5.78 Å². The van der Waals surface area contributed by atoms with Crippen molar-refractivity contribution in [2.75, 3.05) is 0 Å². The average molecular weight is 272 g/mol. The number of pyridine rings is 1. The van der Waals surface area contributed by atoms with Gasteiger partial charge in [-0.1, -0.05) is 29.8 Å². The van der Waals surface area contributed by atoms with E-state index in [0.717, 1.165) is 24.1 Å². The maximum absolute atomic E-state index is 12.4. The molecule has 2 nitrogen and oxygen atoms in total. The van der Waals surface area contributed by atoms with Crippen molar-refractivity contribution in [2.45, 2.75) is 25.2 Å². The number of nitrogens with zero attached hydrogens (tertiary/aromatic N) is 1. The highest BCUT2D eigenvalue weighted by Gasteiger charge is 2.29. The molecule has 2 aromatic rings. The molecule has 3 heteroatoms. The number of benzene rings is 1. The molecule has 0 N–H and O–H groups in total. The van der Waals surface area contributed by atoms with Gasteiger partial charge in [0.15, 0.2) is 0 Å². The first-order valence-corrected chi connectivity index (χ1v) is 6.83. The Morgan fingerprint density at radius 2 is 2.05 bits per heavy atom. The van der Waals surface area contributed by atoms with Crippen LogP contribution in [0.25, 0.3) is 0 Å². The number of halogens is 1. The molecule has 1 aliphatic rings. The van der Waals surface area contributed by atoms with Gasteiger partial charge in [-0.2, -0.15) is 0 Å². The third kappa shape index (κ3) is 2.54. The van der Waals surface area contributed by atoms with Crippen LogP contribution in [0.2, 0.25) is 5.02 Å². The van der Waals surface area contributed by atoms with Crippen molar-refractivity contribution in [3.05, 3.63) is 64.4 Å². The fourth-order valence-electron chi connectivity index (χ4n) is 2.65. The number of hydrogen-bond acceptors (Lipinski definition) is 2. The Bertz CT molecular complexity index is 606. The summed E-state index contributed by atoms with van der Waals surface area (Å²) in [5, 5.41) is 0.698. The summed E-state index contributed by atoms with van der Waals surface area (Å²) in [4.78, 5) is 16.8. The summed E-state index contributed by atoms with van der Waals surface area (Å²) >= 11 is 5.85. The molecular formula is C16H14ClNO. The summed E-state index contributed by atoms with van der Waals surface area (Å²) in [6.07, 6.45) is 4.07. The molecule has 0 spiro atoms. The van der Waals surface area contributed by atoms with Crippen molar-refractivity contribution in [3.8, 4) is 0 Å². The molecule has 19 heavy (non-hydrogen) atoms. The smallest absolute Gasteiger partial charge is 0.146 e. The molecule has 0 bridgehead atoms. The standard InChI is InChI=1S/C16H14ClNO/c17-13-6-3-11(4-7-13)10-15(19)14-8-5-12-2-1-9-18-16(12)14/h1-4,6-7,9,14H,5,8,10H2. The maximum Gasteiger partial charge on any atom is 0.146 e. The summed E-state index contributed by atoms with van der Waals surface area (Å²) in [6.45, 7) is 0. The van der Waals surface area contributed by atoms with Gasteiger partial charge in [0.05, 0.1) is 11.6 Å². The van der Waals surface area contributed by atoms with Gasteiger partial charge in [-0.05, 0) is 42.2 Å². The van der Waals surface area contributed by atoms with Crippen molar-refractivity contribution < 1.29 is 4.79 Å². The van der Waals surface area contributed by atoms with E-state index in [1.54, 1.807) is 6.20 Å². The van der Waals surface area contributed by atoms with E-state index < -0.39 is 0 Å². The van der Waals surface area contributed by atoms with Crippen LogP contribution in [-0.4, -0.2) is 10.8 Å². The Morgan fingerprint density at radius 3 is 2.84 bits per heavy atom. The van der Waals surface area contributed by atoms with Gasteiger partial charge in [-0.15, -0.1) is 0 Å². The lowest BCUT2D eigenvalue weighted by atomic mass is 9.95. The lowest BCUT2D eigenvalue weighted by Crippen LogP contribution is -2.13. The highest BCUT2D eigenvalue weighted by Crippen LogP contribution is 2.32. The number of aryl methyl sites for hydroxylation is 1. The monoisotopic (exact) mass is 271 g/mol. The molecule has 1 aromatic carbocycles. The van der Waals surface area contributed by atoms with Gasteiger partial charge in [-0.25, -0.2) is 0 Å². The number of rotatable bonds is 3.